The molecule has 1 unspecified atom stereocenters. The van der Waals surface area contributed by atoms with Gasteiger partial charge in [-0.2, -0.15) is 0 Å². The van der Waals surface area contributed by atoms with Crippen LogP contribution in [-0.2, 0) is 33.3 Å². The Hall–Kier alpha value is -2.81. The second kappa shape index (κ2) is 15.1. The van der Waals surface area contributed by atoms with Crippen molar-refractivity contribution in [3.63, 3.8) is 0 Å². The summed E-state index contributed by atoms with van der Waals surface area (Å²) in [6.07, 6.45) is -4.20. The molecule has 0 saturated carbocycles. The molecule has 2 aliphatic rings. The number of hydrogen-bond acceptors (Lipinski definition) is 11. The summed E-state index contributed by atoms with van der Waals surface area (Å²) in [6, 6.07) is 0. The van der Waals surface area contributed by atoms with Gasteiger partial charge in [0.2, 0.25) is 6.29 Å². The van der Waals surface area contributed by atoms with Crippen LogP contribution in [0.3, 0.4) is 0 Å². The highest BCUT2D eigenvalue weighted by atomic mass is 16.8. The van der Waals surface area contributed by atoms with Crippen LogP contribution in [-0.4, -0.2) is 98.8 Å². The Balaban J connectivity index is 2.07. The number of aliphatic hydroxyl groups is 4. The van der Waals surface area contributed by atoms with E-state index in [1.54, 1.807) is 13.0 Å². The lowest BCUT2D eigenvalue weighted by Crippen LogP contribution is -2.60. The average Bonchev–Trinajstić information content (AvgIpc) is 2.87. The lowest BCUT2D eigenvalue weighted by atomic mass is 9.81. The van der Waals surface area contributed by atoms with Crippen LogP contribution in [0.2, 0.25) is 0 Å². The van der Waals surface area contributed by atoms with Gasteiger partial charge in [0.25, 0.3) is 0 Å². The van der Waals surface area contributed by atoms with Gasteiger partial charge in [-0.1, -0.05) is 19.1 Å². The van der Waals surface area contributed by atoms with Crippen LogP contribution < -0.4 is 0 Å². The highest BCUT2D eigenvalue weighted by molar-refractivity contribution is 5.88. The standard InChI is InChI=1S/C26H38O13/c1-4-15-16(10-19(28)29)17(23(33)34)11-37-25(15)39-26-22(32)21(31)20(30)18(38-26)12-36-24(35)14(3)7-5-6-13(2)8-9-27/h4,7,11,13,15-16,18,20-22,25-27,30-32H,1,5-6,8-10,12H2,2-3H3,(H,28,29)(H,33,34)/b14-7+/t13?,15-,16+,18-,20-,21+,22-,25+,26+/m1/s1. The molecule has 9 atom stereocenters. The van der Waals surface area contributed by atoms with Crippen molar-refractivity contribution in [1.82, 2.24) is 0 Å². The first-order valence-corrected chi connectivity index (χ1v) is 12.6. The van der Waals surface area contributed by atoms with Crippen molar-refractivity contribution in [1.29, 1.82) is 0 Å². The second-order valence-corrected chi connectivity index (χ2v) is 9.73. The van der Waals surface area contributed by atoms with Gasteiger partial charge in [-0.05, 0) is 32.1 Å². The lowest BCUT2D eigenvalue weighted by molar-refractivity contribution is -0.339. The number of carboxylic acids is 2. The topological polar surface area (TPSA) is 210 Å². The van der Waals surface area contributed by atoms with Crippen LogP contribution in [0.1, 0.15) is 39.5 Å². The van der Waals surface area contributed by atoms with Crippen molar-refractivity contribution >= 4 is 17.9 Å². The van der Waals surface area contributed by atoms with Crippen LogP contribution in [0.15, 0.2) is 36.1 Å². The number of ether oxygens (including phenoxy) is 4. The minimum atomic E-state index is -1.77. The zero-order valence-corrected chi connectivity index (χ0v) is 21.9. The van der Waals surface area contributed by atoms with Crippen LogP contribution in [0.5, 0.6) is 0 Å². The van der Waals surface area contributed by atoms with Crippen molar-refractivity contribution in [2.24, 2.45) is 17.8 Å². The summed E-state index contributed by atoms with van der Waals surface area (Å²) in [5.41, 5.74) is 0.0126. The van der Waals surface area contributed by atoms with Crippen LogP contribution in [0, 0.1) is 17.8 Å². The zero-order valence-electron chi connectivity index (χ0n) is 21.9. The minimum Gasteiger partial charge on any atom is -0.481 e. The van der Waals surface area contributed by atoms with Crippen molar-refractivity contribution < 1.29 is 64.0 Å². The van der Waals surface area contributed by atoms with Gasteiger partial charge < -0.3 is 49.6 Å². The van der Waals surface area contributed by atoms with E-state index in [-0.39, 0.29) is 18.1 Å². The number of esters is 1. The van der Waals surface area contributed by atoms with E-state index in [0.717, 1.165) is 12.7 Å². The smallest absolute Gasteiger partial charge is 0.335 e. The molecule has 0 spiro atoms. The summed E-state index contributed by atoms with van der Waals surface area (Å²) in [5.74, 6) is -5.11. The summed E-state index contributed by atoms with van der Waals surface area (Å²) < 4.78 is 21.8. The summed E-state index contributed by atoms with van der Waals surface area (Å²) in [6.45, 7) is 6.75. The largest absolute Gasteiger partial charge is 0.481 e. The Morgan fingerprint density at radius 3 is 2.38 bits per heavy atom. The van der Waals surface area contributed by atoms with E-state index < -0.39 is 79.8 Å². The number of aliphatic hydroxyl groups excluding tert-OH is 4. The van der Waals surface area contributed by atoms with Gasteiger partial charge in [0.15, 0.2) is 6.29 Å². The van der Waals surface area contributed by atoms with E-state index in [4.69, 9.17) is 24.1 Å². The molecule has 2 aliphatic heterocycles. The molecule has 13 nitrogen and oxygen atoms in total. The monoisotopic (exact) mass is 558 g/mol. The Kier molecular flexibility index (Phi) is 12.5. The van der Waals surface area contributed by atoms with E-state index >= 15 is 0 Å². The molecule has 2 heterocycles. The molecular weight excluding hydrogens is 520 g/mol. The molecule has 220 valence electrons. The molecule has 0 aromatic rings. The first kappa shape index (κ1) is 32.4. The maximum absolute atomic E-state index is 12.4. The molecule has 0 bridgehead atoms. The fourth-order valence-corrected chi connectivity index (χ4v) is 4.36. The van der Waals surface area contributed by atoms with Gasteiger partial charge in [0.1, 0.15) is 31.0 Å². The van der Waals surface area contributed by atoms with E-state index in [2.05, 4.69) is 6.58 Å². The van der Waals surface area contributed by atoms with Gasteiger partial charge >= 0.3 is 17.9 Å². The molecule has 39 heavy (non-hydrogen) atoms. The average molecular weight is 559 g/mol. The van der Waals surface area contributed by atoms with Crippen molar-refractivity contribution in [3.8, 4) is 0 Å². The normalized spacial score (nSPS) is 31.9. The molecule has 0 aromatic heterocycles. The van der Waals surface area contributed by atoms with Crippen molar-refractivity contribution in [2.75, 3.05) is 13.2 Å². The Morgan fingerprint density at radius 2 is 1.79 bits per heavy atom. The molecule has 2 rings (SSSR count). The van der Waals surface area contributed by atoms with Gasteiger partial charge in [-0.25, -0.2) is 9.59 Å². The molecule has 0 aromatic carbocycles. The lowest BCUT2D eigenvalue weighted by Gasteiger charge is -2.43. The number of carbonyl (C=O) groups is 3. The first-order valence-electron chi connectivity index (χ1n) is 12.6. The molecule has 1 saturated heterocycles. The fourth-order valence-electron chi connectivity index (χ4n) is 4.36. The van der Waals surface area contributed by atoms with Gasteiger partial charge in [0.05, 0.1) is 18.3 Å². The SMILES string of the molecule is C=C[C@H]1[C@H](O[C@@H]2O[C@H](COC(=O)/C(C)=C/CCC(C)CCO)[C@@H](O)[C@H](O)[C@H]2O)OC=C(C(=O)O)[C@H]1CC(=O)O. The predicted octanol–water partition coefficient (Wildman–Crippen LogP) is 0.317. The van der Waals surface area contributed by atoms with E-state index in [1.807, 2.05) is 6.92 Å². The van der Waals surface area contributed by atoms with Crippen LogP contribution >= 0.6 is 0 Å². The summed E-state index contributed by atoms with van der Waals surface area (Å²) in [5, 5.41) is 58.8. The third-order valence-electron chi connectivity index (χ3n) is 6.79. The minimum absolute atomic E-state index is 0.0883. The maximum atomic E-state index is 12.4. The van der Waals surface area contributed by atoms with Crippen molar-refractivity contribution in [2.45, 2.75) is 76.5 Å². The first-order chi connectivity index (χ1) is 18.4. The number of hydrogen-bond donors (Lipinski definition) is 6. The molecule has 13 heteroatoms. The second-order valence-electron chi connectivity index (χ2n) is 9.73. The van der Waals surface area contributed by atoms with E-state index in [0.29, 0.717) is 18.4 Å². The molecule has 0 aliphatic carbocycles. The third kappa shape index (κ3) is 8.85. The number of rotatable bonds is 14. The Labute approximate surface area is 225 Å². The molecule has 0 amide bonds. The Bertz CT molecular complexity index is 929. The van der Waals surface area contributed by atoms with Gasteiger partial charge in [-0.3, -0.25) is 4.79 Å². The van der Waals surface area contributed by atoms with Crippen LogP contribution in [0.4, 0.5) is 0 Å². The number of allylic oxidation sites excluding steroid dienone is 1. The maximum Gasteiger partial charge on any atom is 0.335 e. The predicted molar refractivity (Wildman–Crippen MR) is 133 cm³/mol. The zero-order chi connectivity index (χ0) is 29.3. The highest BCUT2D eigenvalue weighted by Gasteiger charge is 2.48. The number of carbonyl (C=O) groups excluding carboxylic acids is 1. The van der Waals surface area contributed by atoms with Gasteiger partial charge in [-0.15, -0.1) is 6.58 Å². The molecule has 1 fully saturated rings. The van der Waals surface area contributed by atoms with E-state index in [1.165, 1.54) is 6.08 Å². The van der Waals surface area contributed by atoms with Gasteiger partial charge in [0, 0.05) is 24.0 Å². The Morgan fingerprint density at radius 1 is 1.10 bits per heavy atom. The summed E-state index contributed by atoms with van der Waals surface area (Å²) in [4.78, 5) is 35.3. The van der Waals surface area contributed by atoms with Crippen LogP contribution in [0.25, 0.3) is 0 Å². The third-order valence-corrected chi connectivity index (χ3v) is 6.79. The summed E-state index contributed by atoms with van der Waals surface area (Å²) >= 11 is 0. The number of aliphatic carboxylic acids is 2. The van der Waals surface area contributed by atoms with Crippen molar-refractivity contribution in [3.05, 3.63) is 36.1 Å². The molecular formula is C26H38O13. The number of carboxylic acid groups (broad SMARTS) is 2. The van der Waals surface area contributed by atoms with E-state index in [9.17, 15) is 39.9 Å². The highest BCUT2D eigenvalue weighted by Crippen LogP contribution is 2.36. The fraction of sp³-hybridized carbons (Fsp3) is 0.654. The summed E-state index contributed by atoms with van der Waals surface area (Å²) in [7, 11) is 0. The molecule has 0 radical (unpaired) electrons. The molecule has 6 N–H and O–H groups in total. The quantitative estimate of drug-likeness (QED) is 0.0965.